The molecule has 0 unspecified atom stereocenters. The zero-order chi connectivity index (χ0) is 16.1. The normalized spacial score (nSPS) is 11.0. The Morgan fingerprint density at radius 2 is 2.14 bits per heavy atom. The zero-order valence-corrected chi connectivity index (χ0v) is 13.5. The third-order valence-electron chi connectivity index (χ3n) is 3.35. The van der Waals surface area contributed by atoms with E-state index in [0.717, 1.165) is 31.0 Å². The first-order chi connectivity index (χ1) is 10.5. The molecule has 0 aliphatic carbocycles. The monoisotopic (exact) mass is 302 g/mol. The van der Waals surface area contributed by atoms with Crippen LogP contribution < -0.4 is 5.32 Å². The molecular formula is C15H22N6O. The topological polar surface area (TPSA) is 75.9 Å². The van der Waals surface area contributed by atoms with Crippen molar-refractivity contribution in [3.63, 3.8) is 0 Å². The Labute approximate surface area is 130 Å². The first-order valence-corrected chi connectivity index (χ1v) is 7.25. The van der Waals surface area contributed by atoms with Gasteiger partial charge < -0.3 is 10.2 Å². The van der Waals surface area contributed by atoms with Crippen molar-refractivity contribution in [1.82, 2.24) is 24.6 Å². The SMILES string of the molecule is CC(=O)c1cnn(-c2cc(NCCCN(C)C)ncn2)c1C. The maximum absolute atomic E-state index is 11.5. The molecule has 0 bridgehead atoms. The van der Waals surface area contributed by atoms with E-state index < -0.39 is 0 Å². The molecule has 0 aromatic carbocycles. The van der Waals surface area contributed by atoms with E-state index in [9.17, 15) is 4.79 Å². The van der Waals surface area contributed by atoms with Crippen LogP contribution in [0.15, 0.2) is 18.6 Å². The minimum atomic E-state index is -0.000148. The Kier molecular flexibility index (Phi) is 5.21. The lowest BCUT2D eigenvalue weighted by Crippen LogP contribution is -2.16. The van der Waals surface area contributed by atoms with E-state index in [-0.39, 0.29) is 5.78 Å². The highest BCUT2D eigenvalue weighted by Gasteiger charge is 2.12. The summed E-state index contributed by atoms with van der Waals surface area (Å²) in [5.74, 6) is 1.40. The second-order valence-corrected chi connectivity index (χ2v) is 5.46. The van der Waals surface area contributed by atoms with Crippen molar-refractivity contribution in [3.05, 3.63) is 29.8 Å². The van der Waals surface area contributed by atoms with Gasteiger partial charge in [0.25, 0.3) is 0 Å². The average molecular weight is 302 g/mol. The van der Waals surface area contributed by atoms with Gasteiger partial charge in [0.2, 0.25) is 0 Å². The van der Waals surface area contributed by atoms with Crippen LogP contribution in [-0.4, -0.2) is 57.6 Å². The van der Waals surface area contributed by atoms with Gasteiger partial charge in [0.15, 0.2) is 11.6 Å². The van der Waals surface area contributed by atoms with Crippen molar-refractivity contribution in [2.24, 2.45) is 0 Å². The summed E-state index contributed by atoms with van der Waals surface area (Å²) in [7, 11) is 4.10. The van der Waals surface area contributed by atoms with Crippen molar-refractivity contribution in [3.8, 4) is 5.82 Å². The number of anilines is 1. The number of carbonyl (C=O) groups excluding carboxylic acids is 1. The number of aromatic nitrogens is 4. The number of ketones is 1. The maximum Gasteiger partial charge on any atom is 0.163 e. The summed E-state index contributed by atoms with van der Waals surface area (Å²) in [5.41, 5.74) is 1.39. The van der Waals surface area contributed by atoms with E-state index in [2.05, 4.69) is 39.4 Å². The van der Waals surface area contributed by atoms with Crippen molar-refractivity contribution < 1.29 is 4.79 Å². The summed E-state index contributed by atoms with van der Waals surface area (Å²) in [6.07, 6.45) is 4.10. The van der Waals surface area contributed by atoms with Crippen molar-refractivity contribution >= 4 is 11.6 Å². The number of hydrogen-bond acceptors (Lipinski definition) is 6. The van der Waals surface area contributed by atoms with Gasteiger partial charge in [-0.3, -0.25) is 4.79 Å². The molecule has 7 heteroatoms. The zero-order valence-electron chi connectivity index (χ0n) is 13.5. The van der Waals surface area contributed by atoms with Gasteiger partial charge in [0, 0.05) is 12.6 Å². The Hall–Kier alpha value is -2.28. The highest BCUT2D eigenvalue weighted by atomic mass is 16.1. The van der Waals surface area contributed by atoms with Gasteiger partial charge >= 0.3 is 0 Å². The molecule has 0 atom stereocenters. The molecule has 2 rings (SSSR count). The summed E-state index contributed by atoms with van der Waals surface area (Å²) in [6, 6.07) is 1.83. The fourth-order valence-electron chi connectivity index (χ4n) is 2.16. The van der Waals surface area contributed by atoms with Gasteiger partial charge in [0.05, 0.1) is 17.5 Å². The molecule has 1 N–H and O–H groups in total. The quantitative estimate of drug-likeness (QED) is 0.617. The van der Waals surface area contributed by atoms with Crippen LogP contribution in [0.3, 0.4) is 0 Å². The molecule has 2 heterocycles. The fourth-order valence-corrected chi connectivity index (χ4v) is 2.16. The van der Waals surface area contributed by atoms with E-state index >= 15 is 0 Å². The molecule has 0 aliphatic heterocycles. The van der Waals surface area contributed by atoms with E-state index in [1.807, 2.05) is 13.0 Å². The number of carbonyl (C=O) groups is 1. The Morgan fingerprint density at radius 1 is 1.36 bits per heavy atom. The van der Waals surface area contributed by atoms with Gasteiger partial charge in [-0.05, 0) is 40.9 Å². The van der Waals surface area contributed by atoms with Crippen LogP contribution in [0, 0.1) is 6.92 Å². The average Bonchev–Trinajstić information content (AvgIpc) is 2.86. The van der Waals surface area contributed by atoms with Crippen LogP contribution in [0.2, 0.25) is 0 Å². The minimum Gasteiger partial charge on any atom is -0.370 e. The summed E-state index contributed by atoms with van der Waals surface area (Å²) >= 11 is 0. The molecule has 22 heavy (non-hydrogen) atoms. The Bertz CT molecular complexity index is 649. The number of Topliss-reactive ketones (excluding diaryl/α,β-unsaturated/α-hetero) is 1. The molecule has 0 aliphatic rings. The van der Waals surface area contributed by atoms with Gasteiger partial charge in [-0.25, -0.2) is 14.6 Å². The first-order valence-electron chi connectivity index (χ1n) is 7.25. The van der Waals surface area contributed by atoms with Gasteiger partial charge in [-0.1, -0.05) is 0 Å². The second-order valence-electron chi connectivity index (χ2n) is 5.46. The van der Waals surface area contributed by atoms with Crippen LogP contribution in [0.1, 0.15) is 29.4 Å². The summed E-state index contributed by atoms with van der Waals surface area (Å²) in [6.45, 7) is 5.25. The lowest BCUT2D eigenvalue weighted by molar-refractivity contribution is 0.101. The lowest BCUT2D eigenvalue weighted by Gasteiger charge is -2.11. The van der Waals surface area contributed by atoms with Gasteiger partial charge in [-0.15, -0.1) is 0 Å². The number of nitrogens with zero attached hydrogens (tertiary/aromatic N) is 5. The molecule has 0 fully saturated rings. The standard InChI is InChI=1S/C15H22N6O/c1-11-13(12(2)22)9-19-21(11)15-8-14(17-10-18-15)16-6-5-7-20(3)4/h8-10H,5-7H2,1-4H3,(H,16,17,18). The van der Waals surface area contributed by atoms with Crippen molar-refractivity contribution in [2.75, 3.05) is 32.5 Å². The summed E-state index contributed by atoms with van der Waals surface area (Å²) < 4.78 is 1.66. The van der Waals surface area contributed by atoms with Gasteiger partial charge in [0.1, 0.15) is 12.1 Å². The number of nitrogens with one attached hydrogen (secondary N) is 1. The van der Waals surface area contributed by atoms with Crippen LogP contribution >= 0.6 is 0 Å². The number of rotatable bonds is 7. The highest BCUT2D eigenvalue weighted by molar-refractivity contribution is 5.94. The molecule has 2 aromatic rings. The largest absolute Gasteiger partial charge is 0.370 e. The molecule has 118 valence electrons. The molecule has 0 spiro atoms. The van der Waals surface area contributed by atoms with Crippen molar-refractivity contribution in [1.29, 1.82) is 0 Å². The third kappa shape index (κ3) is 3.88. The first kappa shape index (κ1) is 16.1. The van der Waals surface area contributed by atoms with Crippen LogP contribution in [0.5, 0.6) is 0 Å². The second kappa shape index (κ2) is 7.13. The lowest BCUT2D eigenvalue weighted by atomic mass is 10.2. The molecule has 7 nitrogen and oxygen atoms in total. The Morgan fingerprint density at radius 3 is 2.77 bits per heavy atom. The van der Waals surface area contributed by atoms with E-state index in [0.29, 0.717) is 11.4 Å². The smallest absolute Gasteiger partial charge is 0.163 e. The van der Waals surface area contributed by atoms with E-state index in [4.69, 9.17) is 0 Å². The molecule has 0 saturated heterocycles. The number of hydrogen-bond donors (Lipinski definition) is 1. The van der Waals surface area contributed by atoms with Crippen LogP contribution in [0.25, 0.3) is 5.82 Å². The molecule has 0 radical (unpaired) electrons. The van der Waals surface area contributed by atoms with Crippen LogP contribution in [0.4, 0.5) is 5.82 Å². The van der Waals surface area contributed by atoms with Crippen LogP contribution in [-0.2, 0) is 0 Å². The van der Waals surface area contributed by atoms with Crippen molar-refractivity contribution in [2.45, 2.75) is 20.3 Å². The predicted octanol–water partition coefficient (Wildman–Crippen LogP) is 1.54. The minimum absolute atomic E-state index is 0.000148. The van der Waals surface area contributed by atoms with E-state index in [1.54, 1.807) is 10.9 Å². The predicted molar refractivity (Wildman–Crippen MR) is 85.6 cm³/mol. The van der Waals surface area contributed by atoms with Gasteiger partial charge in [-0.2, -0.15) is 5.10 Å². The molecular weight excluding hydrogens is 280 g/mol. The molecule has 0 saturated carbocycles. The third-order valence-corrected chi connectivity index (χ3v) is 3.35. The molecule has 2 aromatic heterocycles. The van der Waals surface area contributed by atoms with E-state index in [1.165, 1.54) is 13.3 Å². The highest BCUT2D eigenvalue weighted by Crippen LogP contribution is 2.14. The summed E-state index contributed by atoms with van der Waals surface area (Å²) in [4.78, 5) is 22.1. The maximum atomic E-state index is 11.5. The Balaban J connectivity index is 2.10. The fraction of sp³-hybridized carbons (Fsp3) is 0.467. The molecule has 0 amide bonds. The summed E-state index contributed by atoms with van der Waals surface area (Å²) in [5, 5.41) is 7.51.